The third-order valence-corrected chi connectivity index (χ3v) is 6.93. The monoisotopic (exact) mass is 549 g/mol. The molecule has 0 heterocycles. The van der Waals surface area contributed by atoms with E-state index in [0.717, 1.165) is 12.8 Å². The van der Waals surface area contributed by atoms with Crippen LogP contribution in [-0.4, -0.2) is 70.7 Å². The van der Waals surface area contributed by atoms with E-state index in [9.17, 15) is 14.3 Å². The van der Waals surface area contributed by atoms with Crippen molar-refractivity contribution in [2.24, 2.45) is 0 Å². The van der Waals surface area contributed by atoms with Crippen LogP contribution in [0.25, 0.3) is 0 Å². The third kappa shape index (κ3) is 26.6. The summed E-state index contributed by atoms with van der Waals surface area (Å²) in [4.78, 5) is 23.9. The molecule has 0 aliphatic heterocycles. The summed E-state index contributed by atoms with van der Waals surface area (Å²) >= 11 is 0. The second-order valence-corrected chi connectivity index (χ2v) is 12.2. The smallest absolute Gasteiger partial charge is 0.330 e. The number of likely N-dealkylation sites (N-methyl/N-ethyl adjacent to an activating group) is 1. The summed E-state index contributed by atoms with van der Waals surface area (Å²) in [6.07, 6.45) is 20.0. The Morgan fingerprint density at radius 3 is 1.81 bits per heavy atom. The number of nitrogens with zero attached hydrogens (tertiary/aromatic N) is 1. The zero-order chi connectivity index (χ0) is 27.8. The Kier molecular flexibility index (Phi) is 22.7. The van der Waals surface area contributed by atoms with E-state index >= 15 is 0 Å². The fourth-order valence-electron chi connectivity index (χ4n) is 3.71. The maximum absolute atomic E-state index is 12.0. The van der Waals surface area contributed by atoms with Gasteiger partial charge in [-0.25, -0.2) is 4.79 Å². The number of hydrogen-bond acceptors (Lipinski definition) is 7. The van der Waals surface area contributed by atoms with E-state index in [4.69, 9.17) is 18.5 Å². The quantitative estimate of drug-likeness (QED) is 0.0418. The molecule has 0 fully saturated rings. The number of hydrogen-bond donors (Lipinski definition) is 0. The van der Waals surface area contributed by atoms with Gasteiger partial charge in [-0.3, -0.25) is 4.57 Å². The molecule has 0 saturated carbocycles. The minimum atomic E-state index is -4.49. The first-order chi connectivity index (χ1) is 17.6. The van der Waals surface area contributed by atoms with Gasteiger partial charge in [-0.05, 0) is 13.3 Å². The zero-order valence-electron chi connectivity index (χ0n) is 24.4. The predicted octanol–water partition coefficient (Wildman–Crippen LogP) is 6.18. The van der Waals surface area contributed by atoms with Crippen molar-refractivity contribution in [1.82, 2.24) is 0 Å². The van der Waals surface area contributed by atoms with Crippen molar-refractivity contribution in [3.63, 3.8) is 0 Å². The van der Waals surface area contributed by atoms with Crippen LogP contribution in [0, 0.1) is 0 Å². The molecule has 0 aromatic heterocycles. The number of rotatable bonds is 26. The summed E-state index contributed by atoms with van der Waals surface area (Å²) in [5, 5.41) is 0. The van der Waals surface area contributed by atoms with E-state index in [1.165, 1.54) is 83.1 Å². The number of carbonyl (C=O) groups is 1. The molecule has 0 rings (SSSR count). The van der Waals surface area contributed by atoms with Crippen LogP contribution >= 0.6 is 7.82 Å². The Hall–Kier alpha value is -0.760. The average Bonchev–Trinajstić information content (AvgIpc) is 2.81. The normalized spacial score (nSPS) is 14.6. The van der Waals surface area contributed by atoms with Crippen molar-refractivity contribution >= 4 is 13.8 Å². The highest BCUT2D eigenvalue weighted by Gasteiger charge is 2.19. The number of unbranched alkanes of at least 4 members (excludes halogenated alkanes) is 13. The van der Waals surface area contributed by atoms with Crippen LogP contribution in [0.1, 0.15) is 104 Å². The van der Waals surface area contributed by atoms with Crippen molar-refractivity contribution in [2.45, 2.75) is 110 Å². The lowest BCUT2D eigenvalue weighted by Gasteiger charge is -2.28. The highest BCUT2D eigenvalue weighted by molar-refractivity contribution is 7.45. The van der Waals surface area contributed by atoms with Gasteiger partial charge < -0.3 is 27.9 Å². The Labute approximate surface area is 227 Å². The van der Waals surface area contributed by atoms with Gasteiger partial charge in [0.05, 0.1) is 34.4 Å². The molecule has 0 aromatic carbocycles. The molecule has 0 N–H and O–H groups in total. The van der Waals surface area contributed by atoms with Crippen molar-refractivity contribution in [1.29, 1.82) is 0 Å². The van der Waals surface area contributed by atoms with Crippen molar-refractivity contribution in [3.8, 4) is 0 Å². The number of esters is 1. The molecule has 0 aliphatic carbocycles. The number of carbonyl (C=O) groups excluding carboxylic acids is 1. The maximum atomic E-state index is 12.0. The molecule has 220 valence electrons. The van der Waals surface area contributed by atoms with Gasteiger partial charge >= 0.3 is 5.97 Å². The largest absolute Gasteiger partial charge is 0.756 e. The number of phosphoric acid groups is 1. The van der Waals surface area contributed by atoms with Crippen LogP contribution in [0.2, 0.25) is 0 Å². The molecule has 2 atom stereocenters. The molecular weight excluding hydrogens is 493 g/mol. The van der Waals surface area contributed by atoms with Crippen LogP contribution in [-0.2, 0) is 27.9 Å². The van der Waals surface area contributed by atoms with E-state index in [1.807, 2.05) is 21.1 Å². The second kappa shape index (κ2) is 23.2. The van der Waals surface area contributed by atoms with E-state index < -0.39 is 19.9 Å². The topological polar surface area (TPSA) is 94.1 Å². The van der Waals surface area contributed by atoms with E-state index in [0.29, 0.717) is 17.6 Å². The van der Waals surface area contributed by atoms with Crippen LogP contribution in [0.15, 0.2) is 12.2 Å². The van der Waals surface area contributed by atoms with Gasteiger partial charge in [0.15, 0.2) is 0 Å². The van der Waals surface area contributed by atoms with Crippen LogP contribution in [0.5, 0.6) is 0 Å². The fraction of sp³-hybridized carbons (Fsp3) is 0.893. The molecule has 1 unspecified atom stereocenters. The second-order valence-electron chi connectivity index (χ2n) is 10.8. The van der Waals surface area contributed by atoms with Crippen molar-refractivity contribution < 1.29 is 37.3 Å². The molecule has 0 spiro atoms. The van der Waals surface area contributed by atoms with E-state index in [-0.39, 0.29) is 19.8 Å². The van der Waals surface area contributed by atoms with Gasteiger partial charge in [0.2, 0.25) is 0 Å². The molecular formula is C28H56NO7P. The summed E-state index contributed by atoms with van der Waals surface area (Å²) in [5.41, 5.74) is 0. The summed E-state index contributed by atoms with van der Waals surface area (Å²) in [6.45, 7) is 4.75. The minimum absolute atomic E-state index is 0.0168. The van der Waals surface area contributed by atoms with Gasteiger partial charge in [0, 0.05) is 12.7 Å². The Morgan fingerprint density at radius 2 is 1.32 bits per heavy atom. The first-order valence-electron chi connectivity index (χ1n) is 14.4. The molecule has 0 saturated heterocycles. The highest BCUT2D eigenvalue weighted by Crippen LogP contribution is 2.38. The predicted molar refractivity (Wildman–Crippen MR) is 148 cm³/mol. The first kappa shape index (κ1) is 36.2. The number of phosphoric ester groups is 1. The van der Waals surface area contributed by atoms with Crippen LogP contribution < -0.4 is 4.89 Å². The summed E-state index contributed by atoms with van der Waals surface area (Å²) in [7, 11) is 1.32. The number of ether oxygens (including phenoxy) is 2. The van der Waals surface area contributed by atoms with Gasteiger partial charge in [-0.1, -0.05) is 96.5 Å². The van der Waals surface area contributed by atoms with Gasteiger partial charge in [-0.2, -0.15) is 0 Å². The van der Waals surface area contributed by atoms with Crippen LogP contribution in [0.3, 0.4) is 0 Å². The Bertz CT molecular complexity index is 622. The van der Waals surface area contributed by atoms with Gasteiger partial charge in [-0.15, -0.1) is 0 Å². The minimum Gasteiger partial charge on any atom is -0.756 e. The standard InChI is InChI=1S/C28H56NO7P/c1-6-8-9-10-11-12-13-14-15-16-17-18-19-20-23-33-25-27(36-28(30)21-7-2)26-35-37(31,32)34-24-22-29(3,4)5/h7,21,27H,6,8-20,22-26H2,1-5H3/b21-7+/t27-/m1/s1. The molecule has 0 amide bonds. The Balaban J connectivity index is 3.98. The molecule has 8 nitrogen and oxygen atoms in total. The Morgan fingerprint density at radius 1 is 0.811 bits per heavy atom. The molecule has 37 heavy (non-hydrogen) atoms. The average molecular weight is 550 g/mol. The molecule has 0 aliphatic rings. The first-order valence-corrected chi connectivity index (χ1v) is 15.9. The molecule has 0 aromatic rings. The lowest BCUT2D eigenvalue weighted by Crippen LogP contribution is -2.37. The highest BCUT2D eigenvalue weighted by atomic mass is 31.2. The van der Waals surface area contributed by atoms with Gasteiger partial charge in [0.25, 0.3) is 7.82 Å². The molecule has 0 bridgehead atoms. The summed E-state index contributed by atoms with van der Waals surface area (Å²) in [6, 6.07) is 0. The third-order valence-electron chi connectivity index (χ3n) is 5.96. The maximum Gasteiger partial charge on any atom is 0.330 e. The number of quaternary nitrogens is 1. The summed E-state index contributed by atoms with van der Waals surface area (Å²) in [5.74, 6) is -0.567. The lowest BCUT2D eigenvalue weighted by atomic mass is 10.0. The van der Waals surface area contributed by atoms with E-state index in [2.05, 4.69) is 6.92 Å². The zero-order valence-corrected chi connectivity index (χ0v) is 25.3. The molecule has 9 heteroatoms. The fourth-order valence-corrected chi connectivity index (χ4v) is 4.44. The van der Waals surface area contributed by atoms with Crippen LogP contribution in [0.4, 0.5) is 0 Å². The lowest BCUT2D eigenvalue weighted by molar-refractivity contribution is -0.870. The SMILES string of the molecule is C/C=C/C(=O)O[C@H](COCCCCCCCCCCCCCCCC)COP(=O)([O-])OCC[N+](C)(C)C. The van der Waals surface area contributed by atoms with Gasteiger partial charge in [0.1, 0.15) is 19.3 Å². The van der Waals surface area contributed by atoms with E-state index in [1.54, 1.807) is 13.0 Å². The summed E-state index contributed by atoms with van der Waals surface area (Å²) < 4.78 is 33.4. The van der Waals surface area contributed by atoms with Crippen molar-refractivity contribution in [3.05, 3.63) is 12.2 Å². The number of allylic oxidation sites excluding steroid dienone is 1. The molecule has 0 radical (unpaired) electrons. The van der Waals surface area contributed by atoms with Crippen molar-refractivity contribution in [2.75, 3.05) is 54.1 Å².